The van der Waals surface area contributed by atoms with Crippen LogP contribution in [0.2, 0.25) is 0 Å². The summed E-state index contributed by atoms with van der Waals surface area (Å²) in [4.78, 5) is 29.3. The Hall–Kier alpha value is -2.96. The number of anilines is 1. The molecule has 0 saturated carbocycles. The number of rotatable bonds is 3. The van der Waals surface area contributed by atoms with Crippen LogP contribution in [-0.4, -0.2) is 22.5 Å². The minimum atomic E-state index is -0.947. The van der Waals surface area contributed by atoms with Gasteiger partial charge >= 0.3 is 6.03 Å². The van der Waals surface area contributed by atoms with Gasteiger partial charge in [0.15, 0.2) is 0 Å². The van der Waals surface area contributed by atoms with E-state index in [-0.39, 0.29) is 17.6 Å². The highest BCUT2D eigenvalue weighted by Crippen LogP contribution is 2.28. The Morgan fingerprint density at radius 1 is 1.21 bits per heavy atom. The molecule has 1 fully saturated rings. The molecule has 0 unspecified atom stereocenters. The van der Waals surface area contributed by atoms with E-state index in [0.717, 1.165) is 4.90 Å². The third kappa shape index (κ3) is 2.80. The lowest BCUT2D eigenvalue weighted by Crippen LogP contribution is -2.40. The van der Waals surface area contributed by atoms with Gasteiger partial charge in [0.05, 0.1) is 11.9 Å². The molecule has 0 atom stereocenters. The van der Waals surface area contributed by atoms with E-state index in [1.807, 2.05) is 0 Å². The van der Waals surface area contributed by atoms with Crippen molar-refractivity contribution in [1.82, 2.24) is 10.3 Å². The van der Waals surface area contributed by atoms with Gasteiger partial charge in [-0.15, -0.1) is 0 Å². The first kappa shape index (κ1) is 15.9. The van der Waals surface area contributed by atoms with Gasteiger partial charge in [0.2, 0.25) is 5.88 Å². The molecule has 1 saturated heterocycles. The summed E-state index contributed by atoms with van der Waals surface area (Å²) in [6.07, 6.45) is 1.38. The van der Waals surface area contributed by atoms with Gasteiger partial charge in [-0.05, 0) is 50.6 Å². The monoisotopic (exact) mass is 329 g/mol. The Morgan fingerprint density at radius 2 is 1.96 bits per heavy atom. The summed E-state index contributed by atoms with van der Waals surface area (Å²) in [5.74, 6) is 0.0641. The third-order valence-corrected chi connectivity index (χ3v) is 3.69. The Labute approximate surface area is 138 Å². The van der Waals surface area contributed by atoms with Gasteiger partial charge in [0, 0.05) is 6.07 Å². The van der Waals surface area contributed by atoms with Crippen molar-refractivity contribution in [2.24, 2.45) is 0 Å². The van der Waals surface area contributed by atoms with Crippen LogP contribution < -0.4 is 15.0 Å². The molecular weight excluding hydrogens is 313 g/mol. The van der Waals surface area contributed by atoms with E-state index < -0.39 is 11.6 Å². The first-order valence-electron chi connectivity index (χ1n) is 7.35. The number of aromatic nitrogens is 1. The van der Waals surface area contributed by atoms with Gasteiger partial charge in [-0.3, -0.25) is 4.79 Å². The van der Waals surface area contributed by atoms with E-state index in [9.17, 15) is 14.0 Å². The number of pyridine rings is 1. The summed E-state index contributed by atoms with van der Waals surface area (Å²) in [6, 6.07) is 6.80. The molecule has 1 aliphatic heterocycles. The number of benzene rings is 1. The van der Waals surface area contributed by atoms with Crippen LogP contribution in [-0.2, 0) is 4.79 Å². The lowest BCUT2D eigenvalue weighted by Gasteiger charge is -2.16. The number of amides is 3. The summed E-state index contributed by atoms with van der Waals surface area (Å²) in [5.41, 5.74) is 0.0419. The molecule has 1 aromatic heterocycles. The third-order valence-electron chi connectivity index (χ3n) is 3.69. The maximum absolute atomic E-state index is 13.1. The van der Waals surface area contributed by atoms with Gasteiger partial charge in [-0.25, -0.2) is 19.1 Å². The Morgan fingerprint density at radius 3 is 2.50 bits per heavy atom. The Balaban J connectivity index is 1.81. The molecule has 0 spiro atoms. The lowest BCUT2D eigenvalue weighted by molar-refractivity contribution is -0.121. The van der Waals surface area contributed by atoms with Gasteiger partial charge in [-0.2, -0.15) is 0 Å². The van der Waals surface area contributed by atoms with Crippen molar-refractivity contribution in [3.8, 4) is 11.6 Å². The van der Waals surface area contributed by atoms with E-state index in [2.05, 4.69) is 10.3 Å². The highest BCUT2D eigenvalue weighted by Gasteiger charge is 2.45. The molecular formula is C17H16FN3O3. The molecule has 2 heterocycles. The molecule has 7 heteroatoms. The number of hydrogen-bond acceptors (Lipinski definition) is 4. The van der Waals surface area contributed by atoms with Crippen LogP contribution in [0, 0.1) is 12.7 Å². The van der Waals surface area contributed by atoms with Gasteiger partial charge in [-0.1, -0.05) is 0 Å². The predicted octanol–water partition coefficient (Wildman–Crippen LogP) is 3.16. The topological polar surface area (TPSA) is 71.5 Å². The fraction of sp³-hybridized carbons (Fsp3) is 0.235. The zero-order valence-corrected chi connectivity index (χ0v) is 13.5. The standard InChI is InChI=1S/C17H16FN3O3/c1-10-8-11(18)4-6-13(10)24-14-7-5-12(9-19-14)21-15(22)17(2,3)20-16(21)23/h4-9H,1-3H3,(H,20,23). The van der Waals surface area contributed by atoms with Crippen molar-refractivity contribution in [2.45, 2.75) is 26.3 Å². The van der Waals surface area contributed by atoms with E-state index in [0.29, 0.717) is 17.0 Å². The van der Waals surface area contributed by atoms with Crippen molar-refractivity contribution in [3.63, 3.8) is 0 Å². The normalized spacial score (nSPS) is 16.2. The fourth-order valence-electron chi connectivity index (χ4n) is 2.39. The molecule has 2 aromatic rings. The first-order chi connectivity index (χ1) is 11.3. The molecule has 124 valence electrons. The van der Waals surface area contributed by atoms with Gasteiger partial charge in [0.25, 0.3) is 5.91 Å². The zero-order valence-electron chi connectivity index (χ0n) is 13.5. The maximum Gasteiger partial charge on any atom is 0.329 e. The molecule has 1 aromatic carbocycles. The van der Waals surface area contributed by atoms with Gasteiger partial charge in [0.1, 0.15) is 17.1 Å². The second kappa shape index (κ2) is 5.59. The average molecular weight is 329 g/mol. The number of aryl methyl sites for hydroxylation is 1. The molecule has 1 aliphatic rings. The number of hydrogen-bond donors (Lipinski definition) is 1. The number of halogens is 1. The molecule has 0 aliphatic carbocycles. The summed E-state index contributed by atoms with van der Waals surface area (Å²) in [6.45, 7) is 4.99. The van der Waals surface area contributed by atoms with E-state index in [1.54, 1.807) is 32.9 Å². The summed E-state index contributed by atoms with van der Waals surface area (Å²) >= 11 is 0. The molecule has 0 bridgehead atoms. The molecule has 6 nitrogen and oxygen atoms in total. The largest absolute Gasteiger partial charge is 0.439 e. The molecule has 1 N–H and O–H groups in total. The number of carbonyl (C=O) groups is 2. The maximum atomic E-state index is 13.1. The number of ether oxygens (including phenoxy) is 1. The number of carbonyl (C=O) groups excluding carboxylic acids is 2. The summed E-state index contributed by atoms with van der Waals surface area (Å²) < 4.78 is 18.7. The quantitative estimate of drug-likeness (QED) is 0.878. The molecule has 24 heavy (non-hydrogen) atoms. The van der Waals surface area contributed by atoms with Crippen molar-refractivity contribution in [2.75, 3.05) is 4.90 Å². The fourth-order valence-corrected chi connectivity index (χ4v) is 2.39. The molecule has 0 radical (unpaired) electrons. The van der Waals surface area contributed by atoms with Gasteiger partial charge < -0.3 is 10.1 Å². The molecule has 3 amide bonds. The summed E-state index contributed by atoms with van der Waals surface area (Å²) in [5, 5.41) is 2.60. The first-order valence-corrected chi connectivity index (χ1v) is 7.35. The Bertz CT molecular complexity index is 818. The predicted molar refractivity (Wildman–Crippen MR) is 85.5 cm³/mol. The van der Waals surface area contributed by atoms with Crippen molar-refractivity contribution in [3.05, 3.63) is 47.9 Å². The second-order valence-corrected chi connectivity index (χ2v) is 6.06. The van der Waals surface area contributed by atoms with Crippen molar-refractivity contribution >= 4 is 17.6 Å². The Kier molecular flexibility index (Phi) is 3.71. The van der Waals surface area contributed by atoms with Crippen LogP contribution >= 0.6 is 0 Å². The number of imide groups is 1. The van der Waals surface area contributed by atoms with Crippen LogP contribution in [0.25, 0.3) is 0 Å². The zero-order chi connectivity index (χ0) is 17.5. The van der Waals surface area contributed by atoms with Crippen LogP contribution in [0.1, 0.15) is 19.4 Å². The highest BCUT2D eigenvalue weighted by atomic mass is 19.1. The number of urea groups is 1. The van der Waals surface area contributed by atoms with E-state index in [1.165, 1.54) is 24.4 Å². The highest BCUT2D eigenvalue weighted by molar-refractivity contribution is 6.22. The van der Waals surface area contributed by atoms with Crippen LogP contribution in [0.4, 0.5) is 14.9 Å². The van der Waals surface area contributed by atoms with Crippen molar-refractivity contribution in [1.29, 1.82) is 0 Å². The van der Waals surface area contributed by atoms with Crippen LogP contribution in [0.5, 0.6) is 11.6 Å². The van der Waals surface area contributed by atoms with Crippen molar-refractivity contribution < 1.29 is 18.7 Å². The molecule has 3 rings (SSSR count). The van der Waals surface area contributed by atoms with E-state index >= 15 is 0 Å². The average Bonchev–Trinajstić information content (AvgIpc) is 2.71. The van der Waals surface area contributed by atoms with Crippen LogP contribution in [0.3, 0.4) is 0 Å². The van der Waals surface area contributed by atoms with Crippen LogP contribution in [0.15, 0.2) is 36.5 Å². The number of nitrogens with one attached hydrogen (secondary N) is 1. The minimum absolute atomic E-state index is 0.278. The lowest BCUT2D eigenvalue weighted by atomic mass is 10.1. The summed E-state index contributed by atoms with van der Waals surface area (Å²) in [7, 11) is 0. The second-order valence-electron chi connectivity index (χ2n) is 6.06. The minimum Gasteiger partial charge on any atom is -0.439 e. The SMILES string of the molecule is Cc1cc(F)ccc1Oc1ccc(N2C(=O)NC(C)(C)C2=O)cn1. The van der Waals surface area contributed by atoms with E-state index in [4.69, 9.17) is 4.74 Å². The number of nitrogens with zero attached hydrogens (tertiary/aromatic N) is 2. The smallest absolute Gasteiger partial charge is 0.329 e.